The minimum atomic E-state index is -0.677. The van der Waals surface area contributed by atoms with E-state index in [0.29, 0.717) is 18.0 Å². The number of aryl methyl sites for hydroxylation is 1. The summed E-state index contributed by atoms with van der Waals surface area (Å²) in [5.74, 6) is 2.29. The fourth-order valence-electron chi connectivity index (χ4n) is 7.73. The van der Waals surface area contributed by atoms with Gasteiger partial charge in [-0.1, -0.05) is 124 Å². The summed E-state index contributed by atoms with van der Waals surface area (Å²) >= 11 is 21.0. The molecule has 71 heavy (non-hydrogen) atoms. The summed E-state index contributed by atoms with van der Waals surface area (Å²) in [6.45, 7) is 26.4. The Labute approximate surface area is 450 Å². The van der Waals surface area contributed by atoms with Crippen LogP contribution in [0.2, 0.25) is 10.0 Å². The number of nitrogens with two attached hydrogens (primary N) is 1. The molecule has 0 bridgehead atoms. The topological polar surface area (TPSA) is 115 Å². The number of ketones is 1. The van der Waals surface area contributed by atoms with E-state index in [1.807, 2.05) is 92.8 Å². The molecule has 0 radical (unpaired) electrons. The first-order valence-electron chi connectivity index (χ1n) is 23.2. The molecule has 4 aromatic carbocycles. The van der Waals surface area contributed by atoms with Gasteiger partial charge >= 0.3 is 0 Å². The van der Waals surface area contributed by atoms with Gasteiger partial charge in [-0.3, -0.25) is 9.59 Å². The molecule has 0 saturated carbocycles. The second-order valence-corrected chi connectivity index (χ2v) is 25.6. The first-order chi connectivity index (χ1) is 32.6. The van der Waals surface area contributed by atoms with Crippen LogP contribution < -0.4 is 15.2 Å². The average Bonchev–Trinajstić information content (AvgIpc) is 3.93. The molecule has 2 N–H and O–H groups in total. The Morgan fingerprint density at radius 2 is 1.08 bits per heavy atom. The van der Waals surface area contributed by atoms with Crippen molar-refractivity contribution in [2.45, 2.75) is 141 Å². The van der Waals surface area contributed by atoms with Crippen molar-refractivity contribution in [1.82, 2.24) is 14.1 Å². The summed E-state index contributed by atoms with van der Waals surface area (Å²) < 4.78 is 21.8. The molecular weight excluding hydrogens is 991 g/mol. The van der Waals surface area contributed by atoms with E-state index in [1.165, 1.54) is 38.9 Å². The highest BCUT2D eigenvalue weighted by molar-refractivity contribution is 8.01. The Morgan fingerprint density at radius 1 is 0.690 bits per heavy atom. The van der Waals surface area contributed by atoms with Gasteiger partial charge in [-0.15, -0.1) is 35.1 Å². The number of oxazole rings is 1. The van der Waals surface area contributed by atoms with E-state index in [4.69, 9.17) is 54.4 Å². The quantitative estimate of drug-likeness (QED) is 0.0798. The van der Waals surface area contributed by atoms with Crippen molar-refractivity contribution in [3.05, 3.63) is 135 Å². The number of hydrogen-bond acceptors (Lipinski definition) is 8. The number of Topliss-reactive ketones (excluding diaryl/α,β-unsaturated/α-hetero) is 1. The maximum Gasteiger partial charge on any atom is 0.223 e. The Morgan fingerprint density at radius 3 is 1.41 bits per heavy atom. The van der Waals surface area contributed by atoms with Crippen LogP contribution in [0.15, 0.2) is 105 Å². The van der Waals surface area contributed by atoms with Gasteiger partial charge in [0.25, 0.3) is 0 Å². The molecule has 0 spiro atoms. The van der Waals surface area contributed by atoms with E-state index in [1.54, 1.807) is 20.5 Å². The summed E-state index contributed by atoms with van der Waals surface area (Å²) in [5, 5.41) is 3.80. The lowest BCUT2D eigenvalue weighted by atomic mass is 9.87. The second kappa shape index (κ2) is 24.5. The molecule has 390 valence electrons. The molecule has 1 amide bonds. The third kappa shape index (κ3) is 16.0. The molecule has 7 aromatic rings. The molecule has 3 aromatic heterocycles. The predicted molar refractivity (Wildman–Crippen MR) is 308 cm³/mol. The number of nitrogens with zero attached hydrogens (tertiary/aromatic N) is 3. The van der Waals surface area contributed by atoms with Crippen LogP contribution in [0.25, 0.3) is 21.8 Å². The molecule has 7 rings (SSSR count). The zero-order valence-corrected chi connectivity index (χ0v) is 47.0. The zero-order valence-electron chi connectivity index (χ0n) is 43.1. The van der Waals surface area contributed by atoms with Gasteiger partial charge in [0, 0.05) is 104 Å². The number of alkyl halides is 1. The van der Waals surface area contributed by atoms with Crippen LogP contribution in [0.3, 0.4) is 0 Å². The van der Waals surface area contributed by atoms with Crippen LogP contribution in [0, 0.1) is 12.3 Å². The summed E-state index contributed by atoms with van der Waals surface area (Å²) in [6, 6.07) is 28.5. The van der Waals surface area contributed by atoms with Crippen molar-refractivity contribution in [3.8, 4) is 11.5 Å². The van der Waals surface area contributed by atoms with E-state index in [9.17, 15) is 9.59 Å². The van der Waals surface area contributed by atoms with Crippen molar-refractivity contribution in [2.75, 3.05) is 20.1 Å². The number of hydrogen-bond donors (Lipinski definition) is 1. The van der Waals surface area contributed by atoms with Crippen LogP contribution >= 0.6 is 58.3 Å². The largest absolute Gasteiger partial charge is 0.497 e. The van der Waals surface area contributed by atoms with Crippen LogP contribution in [0.5, 0.6) is 11.5 Å². The highest BCUT2D eigenvalue weighted by Crippen LogP contribution is 2.46. The van der Waals surface area contributed by atoms with Crippen LogP contribution in [0.4, 0.5) is 0 Å². The molecule has 0 atom stereocenters. The molecule has 0 saturated heterocycles. The summed E-state index contributed by atoms with van der Waals surface area (Å²) in [6.07, 6.45) is 3.07. The molecular formula is C57H79Cl3N4O5S2. The third-order valence-electron chi connectivity index (χ3n) is 11.3. The number of fused-ring (bicyclic) bond motifs is 2. The number of rotatable bonds is 15. The standard InChI is InChI=1S/C28H33ClN2O2S.C25H31ClN2O2S.C3H5ClO.CH4.3H2/c1-18-17-33-26(30-18)28(5,6)15-24-25(34-27(2,3)4)22-14-21(32-7)12-13-23(22)31(24)16-19-8-10-20(29)11-9-19;1-24(2,3)31-22-19-13-18(30-6)11-12-20(19)28(15-16-7-9-17(26)10-8-16)21(22)14-25(4,5)23(27)29;1-3(5)2-4;;;;/h8-14,17H,15-16H2,1-7H3;7-13H,14-15H2,1-6H3,(H2,27,29);2H2,1H3;1H4;3*1H. The molecule has 0 aliphatic rings. The molecule has 0 aliphatic heterocycles. The van der Waals surface area contributed by atoms with Crippen LogP contribution in [0.1, 0.15) is 122 Å². The number of benzene rings is 4. The highest BCUT2D eigenvalue weighted by atomic mass is 35.5. The van der Waals surface area contributed by atoms with Crippen molar-refractivity contribution in [2.24, 2.45) is 11.1 Å². The number of thioether (sulfide) groups is 2. The lowest BCUT2D eigenvalue weighted by Crippen LogP contribution is -2.34. The lowest BCUT2D eigenvalue weighted by Gasteiger charge is -2.25. The van der Waals surface area contributed by atoms with Crippen LogP contribution in [-0.4, -0.2) is 55.4 Å². The molecule has 0 unspecified atom stereocenters. The summed E-state index contributed by atoms with van der Waals surface area (Å²) in [5.41, 5.74) is 12.7. The number of halogens is 3. The maximum atomic E-state index is 12.2. The highest BCUT2D eigenvalue weighted by Gasteiger charge is 2.34. The molecule has 0 aliphatic carbocycles. The van der Waals surface area contributed by atoms with Gasteiger partial charge in [-0.25, -0.2) is 4.98 Å². The SMILES string of the molecule is C.CC(=O)CCl.COc1ccc2c(c1)c(SC(C)(C)C)c(CC(C)(C)C(N)=O)n2Cc1ccc(Cl)cc1.COc1ccc2c(c1)c(SC(C)(C)C)c(CC(C)(C)c1nc(C)co1)n2Cc1ccc(Cl)cc1.[HH].[HH].[HH]. The van der Waals surface area contributed by atoms with Crippen molar-refractivity contribution in [3.63, 3.8) is 0 Å². The van der Waals surface area contributed by atoms with Crippen molar-refractivity contribution < 1.29 is 27.8 Å². The van der Waals surface area contributed by atoms with E-state index >= 15 is 0 Å². The monoisotopic (exact) mass is 1070 g/mol. The van der Waals surface area contributed by atoms with Crippen molar-refractivity contribution in [1.29, 1.82) is 0 Å². The Hall–Kier alpha value is -4.52. The number of carbonyl (C=O) groups excluding carboxylic acids is 2. The minimum Gasteiger partial charge on any atom is -0.497 e. The Bertz CT molecular complexity index is 2920. The molecule has 14 heteroatoms. The third-order valence-corrected chi connectivity index (χ3v) is 14.7. The fourth-order valence-corrected chi connectivity index (χ4v) is 10.4. The fraction of sp³-hybridized carbons (Fsp3) is 0.421. The number of methoxy groups -OCH3 is 2. The van der Waals surface area contributed by atoms with E-state index < -0.39 is 5.41 Å². The number of amides is 1. The maximum absolute atomic E-state index is 12.2. The molecule has 0 fully saturated rings. The average molecular weight is 1070 g/mol. The first kappa shape index (κ1) is 59.0. The van der Waals surface area contributed by atoms with Gasteiger partial charge in [0.1, 0.15) is 23.5 Å². The zero-order chi connectivity index (χ0) is 51.9. The molecule has 9 nitrogen and oxygen atoms in total. The Kier molecular flexibility index (Phi) is 20.3. The predicted octanol–water partition coefficient (Wildman–Crippen LogP) is 16.5. The van der Waals surface area contributed by atoms with Gasteiger partial charge in [0.15, 0.2) is 5.89 Å². The lowest BCUT2D eigenvalue weighted by molar-refractivity contribution is -0.126. The molecule has 3 heterocycles. The van der Waals surface area contributed by atoms with Crippen molar-refractivity contribution >= 4 is 91.8 Å². The van der Waals surface area contributed by atoms with Gasteiger partial charge in [-0.2, -0.15) is 0 Å². The number of primary amides is 1. The summed E-state index contributed by atoms with van der Waals surface area (Å²) in [4.78, 5) is 29.0. The van der Waals surface area contributed by atoms with Crippen LogP contribution in [-0.2, 0) is 40.9 Å². The van der Waals surface area contributed by atoms with E-state index in [-0.39, 0.29) is 44.2 Å². The van der Waals surface area contributed by atoms with Gasteiger partial charge in [-0.05, 0) is 85.6 Å². The van der Waals surface area contributed by atoms with Gasteiger partial charge < -0.3 is 28.8 Å². The first-order valence-corrected chi connectivity index (χ1v) is 26.1. The number of aromatic nitrogens is 3. The number of ether oxygens (including phenoxy) is 2. The normalized spacial score (nSPS) is 11.9. The summed E-state index contributed by atoms with van der Waals surface area (Å²) in [7, 11) is 3.40. The van der Waals surface area contributed by atoms with E-state index in [0.717, 1.165) is 63.2 Å². The van der Waals surface area contributed by atoms with E-state index in [2.05, 4.69) is 106 Å². The minimum absolute atomic E-state index is 0. The van der Waals surface area contributed by atoms with Gasteiger partial charge in [0.2, 0.25) is 5.91 Å². The Balaban J connectivity index is 0.000000648. The second-order valence-electron chi connectivity index (χ2n) is 20.8. The number of carbonyl (C=O) groups is 2. The van der Waals surface area contributed by atoms with Gasteiger partial charge in [0.05, 0.1) is 25.8 Å². The smallest absolute Gasteiger partial charge is 0.223 e.